The molecule has 134 valence electrons. The van der Waals surface area contributed by atoms with Crippen molar-refractivity contribution >= 4 is 27.5 Å². The van der Waals surface area contributed by atoms with Crippen LogP contribution in [0, 0.1) is 5.92 Å². The van der Waals surface area contributed by atoms with Crippen LogP contribution in [0.25, 0.3) is 0 Å². The van der Waals surface area contributed by atoms with Gasteiger partial charge in [-0.3, -0.25) is 4.79 Å². The van der Waals surface area contributed by atoms with Crippen molar-refractivity contribution in [2.75, 3.05) is 26.2 Å². The van der Waals surface area contributed by atoms with Crippen LogP contribution in [-0.4, -0.2) is 49.7 Å². The van der Waals surface area contributed by atoms with Crippen LogP contribution in [0.15, 0.2) is 24.3 Å². The molecule has 0 saturated carbocycles. The topological polar surface area (TPSA) is 57.7 Å². The van der Waals surface area contributed by atoms with Crippen LogP contribution in [0.4, 0.5) is 0 Å². The smallest absolute Gasteiger partial charge is 0.225 e. The van der Waals surface area contributed by atoms with Crippen LogP contribution in [0.1, 0.15) is 32.3 Å². The van der Waals surface area contributed by atoms with Gasteiger partial charge in [-0.25, -0.2) is 12.7 Å². The lowest BCUT2D eigenvalue weighted by molar-refractivity contribution is -0.136. The van der Waals surface area contributed by atoms with Gasteiger partial charge in [0.15, 0.2) is 0 Å². The quantitative estimate of drug-likeness (QED) is 0.771. The summed E-state index contributed by atoms with van der Waals surface area (Å²) in [6.07, 6.45) is 1.16. The summed E-state index contributed by atoms with van der Waals surface area (Å²) in [6.45, 7) is 6.10. The molecule has 0 bridgehead atoms. The SMILES string of the molecule is CCN(CC)C(=O)C1CCN(S(=O)(=O)Cc2ccccc2Cl)CC1. The van der Waals surface area contributed by atoms with E-state index in [2.05, 4.69) is 0 Å². The first kappa shape index (κ1) is 19.2. The van der Waals surface area contributed by atoms with Crippen LogP contribution in [0.3, 0.4) is 0 Å². The highest BCUT2D eigenvalue weighted by Gasteiger charge is 2.32. The minimum atomic E-state index is -3.42. The first-order valence-corrected chi connectivity index (χ1v) is 10.4. The second kappa shape index (κ2) is 8.32. The van der Waals surface area contributed by atoms with Crippen molar-refractivity contribution in [3.8, 4) is 0 Å². The van der Waals surface area contributed by atoms with Gasteiger partial charge in [0.05, 0.1) is 5.75 Å². The van der Waals surface area contributed by atoms with E-state index in [0.29, 0.717) is 49.6 Å². The zero-order chi connectivity index (χ0) is 17.7. The molecule has 1 aliphatic rings. The predicted octanol–water partition coefficient (Wildman–Crippen LogP) is 2.75. The predicted molar refractivity (Wildman–Crippen MR) is 96.3 cm³/mol. The Morgan fingerprint density at radius 2 is 1.79 bits per heavy atom. The fraction of sp³-hybridized carbons (Fsp3) is 0.588. The second-order valence-corrected chi connectivity index (χ2v) is 8.41. The minimum Gasteiger partial charge on any atom is -0.343 e. The highest BCUT2D eigenvalue weighted by atomic mass is 35.5. The summed E-state index contributed by atoms with van der Waals surface area (Å²) in [5.74, 6) is -0.0266. The lowest BCUT2D eigenvalue weighted by Gasteiger charge is -2.33. The zero-order valence-electron chi connectivity index (χ0n) is 14.2. The summed E-state index contributed by atoms with van der Waals surface area (Å²) in [7, 11) is -3.42. The molecule has 1 amide bonds. The summed E-state index contributed by atoms with van der Waals surface area (Å²) in [4.78, 5) is 14.2. The monoisotopic (exact) mass is 372 g/mol. The Morgan fingerprint density at radius 3 is 2.33 bits per heavy atom. The second-order valence-electron chi connectivity index (χ2n) is 6.03. The number of hydrogen-bond acceptors (Lipinski definition) is 3. The molecular weight excluding hydrogens is 348 g/mol. The van der Waals surface area contributed by atoms with Gasteiger partial charge >= 0.3 is 0 Å². The molecule has 0 aliphatic carbocycles. The van der Waals surface area contributed by atoms with E-state index in [9.17, 15) is 13.2 Å². The van der Waals surface area contributed by atoms with E-state index >= 15 is 0 Å². The van der Waals surface area contributed by atoms with Gasteiger partial charge in [0.2, 0.25) is 15.9 Å². The standard InChI is InChI=1S/C17H25ClN2O3S/c1-3-19(4-2)17(21)14-9-11-20(12-10-14)24(22,23)13-15-7-5-6-8-16(15)18/h5-8,14H,3-4,9-13H2,1-2H3. The fourth-order valence-electron chi connectivity index (χ4n) is 3.08. The number of carbonyl (C=O) groups is 1. The summed E-state index contributed by atoms with van der Waals surface area (Å²) >= 11 is 6.07. The molecule has 0 N–H and O–H groups in total. The highest BCUT2D eigenvalue weighted by molar-refractivity contribution is 7.88. The average molecular weight is 373 g/mol. The first-order valence-electron chi connectivity index (χ1n) is 8.39. The van der Waals surface area contributed by atoms with Crippen LogP contribution in [0.5, 0.6) is 0 Å². The maximum Gasteiger partial charge on any atom is 0.225 e. The molecule has 1 aromatic rings. The minimum absolute atomic E-state index is 0.0725. The molecule has 1 saturated heterocycles. The fourth-order valence-corrected chi connectivity index (χ4v) is 4.95. The first-order chi connectivity index (χ1) is 11.4. The van der Waals surface area contributed by atoms with E-state index in [0.717, 1.165) is 0 Å². The van der Waals surface area contributed by atoms with Crippen molar-refractivity contribution in [1.82, 2.24) is 9.21 Å². The van der Waals surface area contributed by atoms with E-state index in [1.807, 2.05) is 18.7 Å². The lowest BCUT2D eigenvalue weighted by atomic mass is 9.96. The number of carbonyl (C=O) groups excluding carboxylic acids is 1. The molecule has 1 aromatic carbocycles. The van der Waals surface area contributed by atoms with E-state index in [1.165, 1.54) is 4.31 Å². The van der Waals surface area contributed by atoms with Gasteiger partial charge in [0.25, 0.3) is 0 Å². The molecule has 0 unspecified atom stereocenters. The Hall–Kier alpha value is -1.11. The molecular formula is C17H25ClN2O3S. The van der Waals surface area contributed by atoms with Crippen LogP contribution < -0.4 is 0 Å². The van der Waals surface area contributed by atoms with Crippen molar-refractivity contribution in [2.24, 2.45) is 5.92 Å². The van der Waals surface area contributed by atoms with Gasteiger partial charge in [0, 0.05) is 37.1 Å². The van der Waals surface area contributed by atoms with Crippen molar-refractivity contribution in [3.63, 3.8) is 0 Å². The summed E-state index contributed by atoms with van der Waals surface area (Å²) in [6, 6.07) is 6.99. The lowest BCUT2D eigenvalue weighted by Crippen LogP contribution is -2.44. The van der Waals surface area contributed by atoms with Crippen LogP contribution in [0.2, 0.25) is 5.02 Å². The number of rotatable bonds is 6. The van der Waals surface area contributed by atoms with Gasteiger partial charge in [-0.05, 0) is 38.3 Å². The number of piperidine rings is 1. The van der Waals surface area contributed by atoms with Gasteiger partial charge in [0.1, 0.15) is 0 Å². The third kappa shape index (κ3) is 4.49. The Bertz CT molecular complexity index is 666. The van der Waals surface area contributed by atoms with Crippen LogP contribution in [-0.2, 0) is 20.6 Å². The Balaban J connectivity index is 1.98. The molecule has 0 radical (unpaired) electrons. The summed E-state index contributed by atoms with van der Waals surface area (Å²) in [5.41, 5.74) is 0.612. The third-order valence-corrected chi connectivity index (χ3v) is 6.76. The van der Waals surface area contributed by atoms with Crippen molar-refractivity contribution < 1.29 is 13.2 Å². The van der Waals surface area contributed by atoms with Crippen molar-refractivity contribution in [2.45, 2.75) is 32.4 Å². The number of sulfonamides is 1. The van der Waals surface area contributed by atoms with Crippen LogP contribution >= 0.6 is 11.6 Å². The Kier molecular flexibility index (Phi) is 6.66. The van der Waals surface area contributed by atoms with Gasteiger partial charge in [-0.15, -0.1) is 0 Å². The number of halogens is 1. The molecule has 24 heavy (non-hydrogen) atoms. The van der Waals surface area contributed by atoms with Crippen molar-refractivity contribution in [1.29, 1.82) is 0 Å². The molecule has 0 atom stereocenters. The summed E-state index contributed by atoms with van der Waals surface area (Å²) in [5, 5.41) is 0.465. The van der Waals surface area contributed by atoms with E-state index < -0.39 is 10.0 Å². The maximum atomic E-state index is 12.6. The highest BCUT2D eigenvalue weighted by Crippen LogP contribution is 2.25. The van der Waals surface area contributed by atoms with E-state index in [-0.39, 0.29) is 17.6 Å². The van der Waals surface area contributed by atoms with E-state index in [1.54, 1.807) is 24.3 Å². The Morgan fingerprint density at radius 1 is 1.21 bits per heavy atom. The molecule has 2 rings (SSSR count). The molecule has 1 aliphatic heterocycles. The summed E-state index contributed by atoms with van der Waals surface area (Å²) < 4.78 is 26.7. The normalized spacial score (nSPS) is 17.0. The number of hydrogen-bond donors (Lipinski definition) is 0. The molecule has 1 fully saturated rings. The molecule has 5 nitrogen and oxygen atoms in total. The molecule has 7 heteroatoms. The molecule has 1 heterocycles. The van der Waals surface area contributed by atoms with Gasteiger partial charge in [-0.1, -0.05) is 29.8 Å². The van der Waals surface area contributed by atoms with Gasteiger partial charge in [-0.2, -0.15) is 0 Å². The Labute approximate surface area is 149 Å². The molecule has 0 spiro atoms. The number of amides is 1. The van der Waals surface area contributed by atoms with Gasteiger partial charge < -0.3 is 4.90 Å². The number of nitrogens with zero attached hydrogens (tertiary/aromatic N) is 2. The number of benzene rings is 1. The largest absolute Gasteiger partial charge is 0.343 e. The third-order valence-electron chi connectivity index (χ3n) is 4.57. The average Bonchev–Trinajstić information content (AvgIpc) is 2.58. The zero-order valence-corrected chi connectivity index (χ0v) is 15.8. The molecule has 0 aromatic heterocycles. The van der Waals surface area contributed by atoms with E-state index in [4.69, 9.17) is 11.6 Å². The van der Waals surface area contributed by atoms with Crippen molar-refractivity contribution in [3.05, 3.63) is 34.9 Å². The maximum absolute atomic E-state index is 12.6.